The van der Waals surface area contributed by atoms with Crippen LogP contribution in [-0.2, 0) is 4.74 Å². The summed E-state index contributed by atoms with van der Waals surface area (Å²) in [6, 6.07) is 0. The van der Waals surface area contributed by atoms with E-state index in [2.05, 4.69) is 67.0 Å². The molecule has 1 fully saturated rings. The van der Waals surface area contributed by atoms with Crippen molar-refractivity contribution in [3.05, 3.63) is 43.8 Å². The molecular weight excluding hydrogens is 360 g/mol. The fourth-order valence-electron chi connectivity index (χ4n) is 5.35. The van der Waals surface area contributed by atoms with E-state index in [1.807, 2.05) is 0 Å². The predicted molar refractivity (Wildman–Crippen MR) is 127 cm³/mol. The van der Waals surface area contributed by atoms with Crippen molar-refractivity contribution in [1.29, 1.82) is 0 Å². The van der Waals surface area contributed by atoms with Crippen molar-refractivity contribution in [1.82, 2.24) is 0 Å². The van der Waals surface area contributed by atoms with Gasteiger partial charge in [0.2, 0.25) is 0 Å². The Morgan fingerprint density at radius 2 is 0.852 bits per heavy atom. The minimum Gasteiger partial charge on any atom is -0.372 e. The van der Waals surface area contributed by atoms with Gasteiger partial charge in [-0.3, -0.25) is 0 Å². The Morgan fingerprint density at radius 3 is 1.07 bits per heavy atom. The molecule has 0 atom stereocenters. The molecule has 0 N–H and O–H groups in total. The van der Waals surface area contributed by atoms with Gasteiger partial charge >= 0.3 is 0 Å². The highest BCUT2D eigenvalue weighted by Crippen LogP contribution is 2.46. The smallest absolute Gasteiger partial charge is 0.0784 e. The third-order valence-electron chi connectivity index (χ3n) is 6.07. The van der Waals surface area contributed by atoms with Crippen molar-refractivity contribution in [3.8, 4) is 0 Å². The second kappa shape index (κ2) is 8.38. The van der Waals surface area contributed by atoms with E-state index in [0.717, 1.165) is 38.9 Å². The average molecular weight is 403 g/mol. The largest absolute Gasteiger partial charge is 0.372 e. The van der Waals surface area contributed by atoms with Crippen molar-refractivity contribution < 1.29 is 4.74 Å². The first-order chi connectivity index (χ1) is 12.5. The molecule has 27 heavy (non-hydrogen) atoms. The molecule has 0 amide bonds. The van der Waals surface area contributed by atoms with Crippen molar-refractivity contribution in [3.63, 3.8) is 0 Å². The van der Waals surface area contributed by atoms with Gasteiger partial charge in [-0.05, 0) is 59.1 Å². The maximum Gasteiger partial charge on any atom is 0.0784 e. The van der Waals surface area contributed by atoms with Crippen LogP contribution in [-0.4, -0.2) is 29.4 Å². The predicted octanol–water partition coefficient (Wildman–Crippen LogP) is 7.61. The Balaban J connectivity index is 3.11. The molecule has 0 spiro atoms. The van der Waals surface area contributed by atoms with Crippen LogP contribution in [0.4, 0.5) is 0 Å². The summed E-state index contributed by atoms with van der Waals surface area (Å²) in [5, 5.41) is 3.43. The second-order valence-electron chi connectivity index (χ2n) is 10.0. The summed E-state index contributed by atoms with van der Waals surface area (Å²) in [6.45, 7) is 26.3. The average Bonchev–Trinajstić information content (AvgIpc) is 2.99. The molecule has 1 nitrogen and oxygen atoms in total. The summed E-state index contributed by atoms with van der Waals surface area (Å²) >= 11 is 0. The number of rotatable bonds is 6. The lowest BCUT2D eigenvalue weighted by Gasteiger charge is -2.35. The van der Waals surface area contributed by atoms with E-state index < -0.39 is 16.1 Å². The lowest BCUT2D eigenvalue weighted by Crippen LogP contribution is -2.32. The second-order valence-corrected chi connectivity index (χ2v) is 20.0. The number of hydrogen-bond donors (Lipinski definition) is 0. The quantitative estimate of drug-likeness (QED) is 0.415. The first kappa shape index (κ1) is 22.6. The van der Waals surface area contributed by atoms with Gasteiger partial charge in [0.05, 0.1) is 29.4 Å². The van der Waals surface area contributed by atoms with Gasteiger partial charge in [0.1, 0.15) is 0 Å². The maximum atomic E-state index is 6.16. The molecule has 0 saturated carbocycles. The molecule has 1 aliphatic heterocycles. The standard InChI is InChI=1S/C24H42OSi2/c1-11-17-18(12-2)20(14-4)24(27(8,9)10)22-16-25-15-21(22)23(19(17)13-3)26(5,6)7/h11-16H2,1-10H3/b18-17?,19-17-,20-18-,23-19?,23-21+,24-20?,24-22+. The summed E-state index contributed by atoms with van der Waals surface area (Å²) < 4.78 is 6.16. The number of fused-ring (bicyclic) bond motifs is 1. The number of allylic oxidation sites excluding steroid dienone is 6. The number of hydrogen-bond acceptors (Lipinski definition) is 1. The van der Waals surface area contributed by atoms with E-state index >= 15 is 0 Å². The lowest BCUT2D eigenvalue weighted by molar-refractivity contribution is 0.214. The third-order valence-corrected chi connectivity index (χ3v) is 10.3. The van der Waals surface area contributed by atoms with Crippen LogP contribution in [0.25, 0.3) is 0 Å². The summed E-state index contributed by atoms with van der Waals surface area (Å²) in [5.41, 5.74) is 9.79. The van der Waals surface area contributed by atoms with E-state index in [1.54, 1.807) is 43.8 Å². The van der Waals surface area contributed by atoms with E-state index in [9.17, 15) is 0 Å². The van der Waals surface area contributed by atoms with Crippen molar-refractivity contribution in [2.75, 3.05) is 13.2 Å². The molecule has 1 aliphatic carbocycles. The molecule has 152 valence electrons. The van der Waals surface area contributed by atoms with Gasteiger partial charge in [-0.1, -0.05) is 77.4 Å². The van der Waals surface area contributed by atoms with Gasteiger partial charge in [-0.15, -0.1) is 0 Å². The van der Waals surface area contributed by atoms with E-state index in [4.69, 9.17) is 4.74 Å². The maximum absolute atomic E-state index is 6.16. The first-order valence-electron chi connectivity index (χ1n) is 11.0. The minimum absolute atomic E-state index is 0.821. The lowest BCUT2D eigenvalue weighted by atomic mass is 9.85. The van der Waals surface area contributed by atoms with Gasteiger partial charge < -0.3 is 4.74 Å². The Kier molecular flexibility index (Phi) is 7.03. The molecule has 0 aromatic carbocycles. The molecule has 0 radical (unpaired) electrons. The van der Waals surface area contributed by atoms with Crippen LogP contribution >= 0.6 is 0 Å². The fraction of sp³-hybridized carbons (Fsp3) is 0.667. The zero-order valence-electron chi connectivity index (χ0n) is 19.7. The van der Waals surface area contributed by atoms with Crippen LogP contribution < -0.4 is 0 Å². The van der Waals surface area contributed by atoms with Gasteiger partial charge in [0.15, 0.2) is 0 Å². The van der Waals surface area contributed by atoms with Crippen molar-refractivity contribution in [2.45, 2.75) is 92.7 Å². The van der Waals surface area contributed by atoms with Crippen LogP contribution in [0, 0.1) is 0 Å². The Bertz CT molecular complexity index is 656. The van der Waals surface area contributed by atoms with E-state index in [-0.39, 0.29) is 0 Å². The summed E-state index contributed by atoms with van der Waals surface area (Å²) in [4.78, 5) is 0. The van der Waals surface area contributed by atoms with Gasteiger partial charge in [-0.25, -0.2) is 0 Å². The summed E-state index contributed by atoms with van der Waals surface area (Å²) in [6.07, 6.45) is 4.57. The minimum atomic E-state index is -1.50. The highest BCUT2D eigenvalue weighted by atomic mass is 28.3. The number of ether oxygens (including phenoxy) is 1. The highest BCUT2D eigenvalue weighted by Gasteiger charge is 2.37. The van der Waals surface area contributed by atoms with Crippen LogP contribution in [0.5, 0.6) is 0 Å². The van der Waals surface area contributed by atoms with Gasteiger partial charge in [0.25, 0.3) is 0 Å². The highest BCUT2D eigenvalue weighted by molar-refractivity contribution is 6.85. The molecule has 1 saturated heterocycles. The van der Waals surface area contributed by atoms with Crippen LogP contribution in [0.2, 0.25) is 39.3 Å². The molecular formula is C24H42OSi2. The van der Waals surface area contributed by atoms with Crippen LogP contribution in [0.15, 0.2) is 43.8 Å². The first-order valence-corrected chi connectivity index (χ1v) is 18.0. The normalized spacial score (nSPS) is 30.4. The molecule has 0 aromatic rings. The molecule has 0 aromatic heterocycles. The Hall–Kier alpha value is -0.646. The third kappa shape index (κ3) is 4.20. The molecule has 3 heteroatoms. The molecule has 2 rings (SSSR count). The summed E-state index contributed by atoms with van der Waals surface area (Å²) in [7, 11) is -3.00. The monoisotopic (exact) mass is 402 g/mol. The molecule has 0 bridgehead atoms. The molecule has 0 unspecified atom stereocenters. The van der Waals surface area contributed by atoms with Crippen LogP contribution in [0.1, 0.15) is 53.4 Å². The van der Waals surface area contributed by atoms with Crippen molar-refractivity contribution in [2.24, 2.45) is 0 Å². The Morgan fingerprint density at radius 1 is 0.556 bits per heavy atom. The Labute approximate surface area is 170 Å². The van der Waals surface area contributed by atoms with E-state index in [1.165, 1.54) is 0 Å². The van der Waals surface area contributed by atoms with Gasteiger partial charge in [0, 0.05) is 0 Å². The van der Waals surface area contributed by atoms with Crippen molar-refractivity contribution >= 4 is 16.1 Å². The zero-order chi connectivity index (χ0) is 20.6. The zero-order valence-corrected chi connectivity index (χ0v) is 21.7. The molecule has 1 heterocycles. The summed E-state index contributed by atoms with van der Waals surface area (Å²) in [5.74, 6) is 0. The fourth-order valence-corrected chi connectivity index (χ4v) is 10.1. The topological polar surface area (TPSA) is 9.23 Å². The van der Waals surface area contributed by atoms with E-state index in [0.29, 0.717) is 0 Å². The van der Waals surface area contributed by atoms with Crippen LogP contribution in [0.3, 0.4) is 0 Å². The SMILES string of the molecule is CCC1=C(CC)/C([Si](C)(C)C)=C2/COC/C2=C([Si](C)(C)C)/C(CC)=C\1CC. The van der Waals surface area contributed by atoms with Gasteiger partial charge in [-0.2, -0.15) is 0 Å². The molecule has 2 aliphatic rings.